The average molecular weight is 629 g/mol. The molecule has 0 saturated carbocycles. The van der Waals surface area contributed by atoms with Gasteiger partial charge in [-0.2, -0.15) is 0 Å². The molecule has 2 heterocycles. The van der Waals surface area contributed by atoms with E-state index in [2.05, 4.69) is 93.7 Å². The Hall–Kier alpha value is -2.12. The topological polar surface area (TPSA) is 96.9 Å². The molecule has 1 aromatic carbocycles. The van der Waals surface area contributed by atoms with Crippen molar-refractivity contribution in [2.45, 2.75) is 188 Å². The molecule has 0 amide bonds. The molecule has 256 valence electrons. The fourth-order valence-corrected chi connectivity index (χ4v) is 8.56. The van der Waals surface area contributed by atoms with Gasteiger partial charge in [0.25, 0.3) is 0 Å². The van der Waals surface area contributed by atoms with E-state index in [9.17, 15) is 14.7 Å². The highest BCUT2D eigenvalue weighted by atomic mass is 16.6. The number of phenolic OH excluding ortho intramolecular Hbond substituents is 1. The van der Waals surface area contributed by atoms with E-state index in [0.29, 0.717) is 32.1 Å². The van der Waals surface area contributed by atoms with Gasteiger partial charge in [0.15, 0.2) is 5.92 Å². The van der Waals surface area contributed by atoms with E-state index in [-0.39, 0.29) is 45.5 Å². The first-order valence-electron chi connectivity index (χ1n) is 17.2. The molecular formula is C38H64N2O5. The molecule has 3 rings (SSSR count). The number of aromatic hydroxyl groups is 1. The molecule has 1 aromatic rings. The summed E-state index contributed by atoms with van der Waals surface area (Å²) in [5.74, 6) is -2.45. The zero-order chi connectivity index (χ0) is 34.3. The molecule has 7 nitrogen and oxygen atoms in total. The van der Waals surface area contributed by atoms with E-state index >= 15 is 0 Å². The Kier molecular flexibility index (Phi) is 10.9. The number of hydrogen-bond acceptors (Lipinski definition) is 7. The monoisotopic (exact) mass is 628 g/mol. The molecule has 0 radical (unpaired) electrons. The summed E-state index contributed by atoms with van der Waals surface area (Å²) < 4.78 is 12.7. The maximum absolute atomic E-state index is 14.5. The number of esters is 2. The van der Waals surface area contributed by atoms with Crippen LogP contribution >= 0.6 is 0 Å². The number of carbonyl (C=O) groups excluding carboxylic acids is 2. The minimum Gasteiger partial charge on any atom is -0.507 e. The Morgan fingerprint density at radius 3 is 1.60 bits per heavy atom. The van der Waals surface area contributed by atoms with Crippen molar-refractivity contribution in [2.24, 2.45) is 5.92 Å². The summed E-state index contributed by atoms with van der Waals surface area (Å²) in [7, 11) is 0. The molecule has 0 spiro atoms. The van der Waals surface area contributed by atoms with Crippen LogP contribution in [0.5, 0.6) is 5.75 Å². The van der Waals surface area contributed by atoms with Crippen LogP contribution in [0.3, 0.4) is 0 Å². The fraction of sp³-hybridized carbons (Fsp3) is 0.789. The minimum absolute atomic E-state index is 0.224. The van der Waals surface area contributed by atoms with E-state index in [1.165, 1.54) is 0 Å². The van der Waals surface area contributed by atoms with Gasteiger partial charge in [-0.15, -0.1) is 0 Å². The highest BCUT2D eigenvalue weighted by molar-refractivity contribution is 5.96. The maximum Gasteiger partial charge on any atom is 0.321 e. The average Bonchev–Trinajstić information content (AvgIpc) is 2.79. The van der Waals surface area contributed by atoms with Crippen molar-refractivity contribution < 1.29 is 24.2 Å². The van der Waals surface area contributed by atoms with Crippen molar-refractivity contribution >= 4 is 11.9 Å². The summed E-state index contributed by atoms with van der Waals surface area (Å²) in [6, 6.07) is 2.03. The molecule has 1 atom stereocenters. The second-order valence-corrected chi connectivity index (χ2v) is 17.8. The first-order chi connectivity index (χ1) is 20.4. The molecule has 2 aliphatic rings. The summed E-state index contributed by atoms with van der Waals surface area (Å²) in [6.07, 6.45) is 4.28. The lowest BCUT2D eigenvalue weighted by atomic mass is 9.75. The van der Waals surface area contributed by atoms with Gasteiger partial charge in [-0.3, -0.25) is 9.59 Å². The molecular weight excluding hydrogens is 564 g/mol. The third-order valence-electron chi connectivity index (χ3n) is 9.63. The molecule has 0 aromatic heterocycles. The van der Waals surface area contributed by atoms with Crippen LogP contribution in [0.15, 0.2) is 6.07 Å². The first-order valence-corrected chi connectivity index (χ1v) is 17.2. The van der Waals surface area contributed by atoms with E-state index < -0.39 is 23.8 Å². The normalized spacial score (nSPS) is 22.2. The summed E-state index contributed by atoms with van der Waals surface area (Å²) in [6.45, 7) is 29.3. The van der Waals surface area contributed by atoms with Gasteiger partial charge in [0.05, 0.1) is 0 Å². The van der Waals surface area contributed by atoms with Gasteiger partial charge >= 0.3 is 11.9 Å². The lowest BCUT2D eigenvalue weighted by molar-refractivity contribution is -0.173. The van der Waals surface area contributed by atoms with Crippen LogP contribution in [-0.4, -0.2) is 51.4 Å². The Morgan fingerprint density at radius 1 is 0.844 bits per heavy atom. The Morgan fingerprint density at radius 2 is 1.24 bits per heavy atom. The number of nitrogens with one attached hydrogen (secondary N) is 2. The Balaban J connectivity index is 2.12. The van der Waals surface area contributed by atoms with Gasteiger partial charge in [0.2, 0.25) is 0 Å². The Bertz CT molecular complexity index is 1160. The third-order valence-corrected chi connectivity index (χ3v) is 9.63. The van der Waals surface area contributed by atoms with Crippen LogP contribution in [0.1, 0.15) is 156 Å². The van der Waals surface area contributed by atoms with E-state index in [1.807, 2.05) is 19.9 Å². The molecule has 2 fully saturated rings. The zero-order valence-electron chi connectivity index (χ0n) is 30.9. The number of benzene rings is 1. The predicted octanol–water partition coefficient (Wildman–Crippen LogP) is 7.90. The fourth-order valence-electron chi connectivity index (χ4n) is 8.56. The van der Waals surface area contributed by atoms with Crippen LogP contribution in [0.4, 0.5) is 0 Å². The summed E-state index contributed by atoms with van der Waals surface area (Å²) >= 11 is 0. The standard InChI is InChI=1S/C38H64N2O5/c1-15-16-17-27(29-23(2)18-28(34(4,5)6)31(41)24(29)3)30(32(42)44-25-19-35(7,8)39-36(9,10)20-25)33(43)45-26-21-37(11,12)40-38(13,14)22-26/h18,25-27,30,39-41H,15-17,19-22H2,1-14H3. The van der Waals surface area contributed by atoms with Crippen LogP contribution < -0.4 is 10.6 Å². The molecule has 0 aliphatic carbocycles. The van der Waals surface area contributed by atoms with Crippen molar-refractivity contribution in [3.05, 3.63) is 28.3 Å². The summed E-state index contributed by atoms with van der Waals surface area (Å²) in [5, 5.41) is 18.8. The van der Waals surface area contributed by atoms with Gasteiger partial charge in [0.1, 0.15) is 18.0 Å². The molecule has 0 bridgehead atoms. The number of piperidine rings is 2. The van der Waals surface area contributed by atoms with E-state index in [0.717, 1.165) is 35.1 Å². The van der Waals surface area contributed by atoms with Crippen molar-refractivity contribution in [3.63, 3.8) is 0 Å². The van der Waals surface area contributed by atoms with Gasteiger partial charge in [-0.1, -0.05) is 46.6 Å². The van der Waals surface area contributed by atoms with Gasteiger partial charge in [-0.25, -0.2) is 0 Å². The maximum atomic E-state index is 14.5. The van der Waals surface area contributed by atoms with Crippen molar-refractivity contribution in [1.82, 2.24) is 10.6 Å². The number of rotatable bonds is 9. The number of ether oxygens (including phenoxy) is 2. The summed E-state index contributed by atoms with van der Waals surface area (Å²) in [5.41, 5.74) is 2.24. The second kappa shape index (κ2) is 13.2. The predicted molar refractivity (Wildman–Crippen MR) is 183 cm³/mol. The van der Waals surface area contributed by atoms with E-state index in [1.54, 1.807) is 0 Å². The van der Waals surface area contributed by atoms with Crippen LogP contribution in [0, 0.1) is 19.8 Å². The van der Waals surface area contributed by atoms with Crippen molar-refractivity contribution in [1.29, 1.82) is 0 Å². The molecule has 2 aliphatic heterocycles. The third kappa shape index (κ3) is 9.47. The van der Waals surface area contributed by atoms with E-state index in [4.69, 9.17) is 9.47 Å². The van der Waals surface area contributed by atoms with Crippen LogP contribution in [0.25, 0.3) is 0 Å². The molecule has 3 N–H and O–H groups in total. The smallest absolute Gasteiger partial charge is 0.321 e. The lowest BCUT2D eigenvalue weighted by Crippen LogP contribution is -2.60. The molecule has 7 heteroatoms. The molecule has 1 unspecified atom stereocenters. The minimum atomic E-state index is -1.14. The zero-order valence-corrected chi connectivity index (χ0v) is 30.9. The number of phenols is 1. The van der Waals surface area contributed by atoms with Gasteiger partial charge in [-0.05, 0) is 103 Å². The van der Waals surface area contributed by atoms with Crippen LogP contribution in [-0.2, 0) is 24.5 Å². The largest absolute Gasteiger partial charge is 0.507 e. The van der Waals surface area contributed by atoms with Gasteiger partial charge < -0.3 is 25.2 Å². The highest BCUT2D eigenvalue weighted by Crippen LogP contribution is 2.44. The van der Waals surface area contributed by atoms with Crippen LogP contribution in [0.2, 0.25) is 0 Å². The second-order valence-electron chi connectivity index (χ2n) is 17.8. The SMILES string of the molecule is CCCCC(c1c(C)cc(C(C)(C)C)c(O)c1C)C(C(=O)OC1CC(C)(C)NC(C)(C)C1)C(=O)OC1CC(C)(C)NC(C)(C)C1. The number of carbonyl (C=O) groups is 2. The Labute approximate surface area is 274 Å². The molecule has 2 saturated heterocycles. The number of unbranched alkanes of at least 4 members (excludes halogenated alkanes) is 1. The van der Waals surface area contributed by atoms with Crippen molar-refractivity contribution in [3.8, 4) is 5.75 Å². The highest BCUT2D eigenvalue weighted by Gasteiger charge is 2.46. The van der Waals surface area contributed by atoms with Crippen molar-refractivity contribution in [2.75, 3.05) is 0 Å². The first kappa shape index (κ1) is 37.3. The molecule has 45 heavy (non-hydrogen) atoms. The summed E-state index contributed by atoms with van der Waals surface area (Å²) in [4.78, 5) is 28.9. The lowest BCUT2D eigenvalue weighted by Gasteiger charge is -2.46. The van der Waals surface area contributed by atoms with Gasteiger partial charge in [0, 0.05) is 53.8 Å². The number of hydrogen-bond donors (Lipinski definition) is 3. The quantitative estimate of drug-likeness (QED) is 0.189. The number of aryl methyl sites for hydroxylation is 1.